The number of benzene rings is 1. The third-order valence-corrected chi connectivity index (χ3v) is 3.75. The molecule has 0 saturated heterocycles. The number of hydrogen-bond acceptors (Lipinski definition) is 1. The van der Waals surface area contributed by atoms with E-state index in [0.29, 0.717) is 12.0 Å². The fourth-order valence-electron chi connectivity index (χ4n) is 2.07. The Labute approximate surface area is 115 Å². The quantitative estimate of drug-likeness (QED) is 0.797. The Morgan fingerprint density at radius 3 is 2.50 bits per heavy atom. The minimum atomic E-state index is -0.268. The van der Waals surface area contributed by atoms with Crippen LogP contribution in [0, 0.1) is 11.7 Å². The molecule has 2 atom stereocenters. The van der Waals surface area contributed by atoms with Gasteiger partial charge in [0.2, 0.25) is 0 Å². The zero-order chi connectivity index (χ0) is 13.7. The average Bonchev–Trinajstić information content (AvgIpc) is 2.33. The van der Waals surface area contributed by atoms with Gasteiger partial charge in [-0.2, -0.15) is 0 Å². The summed E-state index contributed by atoms with van der Waals surface area (Å²) in [6, 6.07) is 5.67. The van der Waals surface area contributed by atoms with Gasteiger partial charge in [-0.15, -0.1) is 0 Å². The van der Waals surface area contributed by atoms with E-state index in [4.69, 9.17) is 11.6 Å². The van der Waals surface area contributed by atoms with Crippen LogP contribution in [0.4, 0.5) is 4.39 Å². The molecule has 0 aliphatic carbocycles. The Morgan fingerprint density at radius 2 is 1.94 bits per heavy atom. The van der Waals surface area contributed by atoms with Gasteiger partial charge in [0, 0.05) is 18.5 Å². The third-order valence-electron chi connectivity index (χ3n) is 3.46. The lowest BCUT2D eigenvalue weighted by atomic mass is 9.85. The Balaban J connectivity index is 2.98. The Kier molecular flexibility index (Phi) is 6.10. The first-order valence-corrected chi connectivity index (χ1v) is 7.02. The van der Waals surface area contributed by atoms with E-state index in [1.54, 1.807) is 6.07 Å². The maximum Gasteiger partial charge on any atom is 0.145 e. The number of halogens is 2. The first-order valence-electron chi connectivity index (χ1n) is 6.64. The lowest BCUT2D eigenvalue weighted by Crippen LogP contribution is -2.31. The zero-order valence-electron chi connectivity index (χ0n) is 11.6. The Bertz CT molecular complexity index is 379. The van der Waals surface area contributed by atoms with Crippen molar-refractivity contribution in [3.63, 3.8) is 0 Å². The Morgan fingerprint density at radius 1 is 1.28 bits per heavy atom. The maximum atomic E-state index is 14.1. The highest BCUT2D eigenvalue weighted by molar-refractivity contribution is 6.30. The van der Waals surface area contributed by atoms with E-state index in [-0.39, 0.29) is 16.8 Å². The van der Waals surface area contributed by atoms with Gasteiger partial charge in [-0.3, -0.25) is 0 Å². The molecule has 1 N–H and O–H groups in total. The van der Waals surface area contributed by atoms with Crippen molar-refractivity contribution in [3.05, 3.63) is 34.6 Å². The Hall–Kier alpha value is -0.600. The van der Waals surface area contributed by atoms with Crippen molar-refractivity contribution < 1.29 is 4.39 Å². The molecule has 0 aromatic heterocycles. The highest BCUT2D eigenvalue weighted by Crippen LogP contribution is 2.31. The molecule has 0 fully saturated rings. The van der Waals surface area contributed by atoms with Crippen LogP contribution in [-0.2, 0) is 0 Å². The second-order valence-corrected chi connectivity index (χ2v) is 5.61. The van der Waals surface area contributed by atoms with Gasteiger partial charge in [0.05, 0.1) is 5.02 Å². The van der Waals surface area contributed by atoms with Crippen LogP contribution in [-0.4, -0.2) is 12.6 Å². The van der Waals surface area contributed by atoms with Crippen LogP contribution in [0.15, 0.2) is 18.2 Å². The molecule has 0 heterocycles. The predicted molar refractivity (Wildman–Crippen MR) is 76.7 cm³/mol. The van der Waals surface area contributed by atoms with E-state index in [9.17, 15) is 4.39 Å². The van der Waals surface area contributed by atoms with Crippen molar-refractivity contribution in [1.29, 1.82) is 0 Å². The third kappa shape index (κ3) is 3.96. The van der Waals surface area contributed by atoms with Crippen LogP contribution in [0.3, 0.4) is 0 Å². The molecule has 0 radical (unpaired) electrons. The molecule has 1 aromatic rings. The molecular formula is C15H23ClFN. The van der Waals surface area contributed by atoms with E-state index >= 15 is 0 Å². The first-order chi connectivity index (χ1) is 8.47. The van der Waals surface area contributed by atoms with E-state index < -0.39 is 0 Å². The SMILES string of the molecule is CCC(C)C(CNC(C)C)c1cccc(Cl)c1F. The maximum absolute atomic E-state index is 14.1. The molecule has 3 heteroatoms. The van der Waals surface area contributed by atoms with Gasteiger partial charge >= 0.3 is 0 Å². The summed E-state index contributed by atoms with van der Waals surface area (Å²) >= 11 is 5.87. The number of nitrogens with one attached hydrogen (secondary N) is 1. The molecule has 0 aliphatic heterocycles. The molecular weight excluding hydrogens is 249 g/mol. The predicted octanol–water partition coefficient (Wildman–Crippen LogP) is 4.61. The van der Waals surface area contributed by atoms with Gasteiger partial charge in [-0.05, 0) is 17.5 Å². The summed E-state index contributed by atoms with van der Waals surface area (Å²) in [4.78, 5) is 0. The van der Waals surface area contributed by atoms with Crippen molar-refractivity contribution in [3.8, 4) is 0 Å². The van der Waals surface area contributed by atoms with Gasteiger partial charge < -0.3 is 5.32 Å². The summed E-state index contributed by atoms with van der Waals surface area (Å²) in [6.07, 6.45) is 1.02. The molecule has 0 spiro atoms. The summed E-state index contributed by atoms with van der Waals surface area (Å²) in [5.74, 6) is 0.315. The second kappa shape index (κ2) is 7.10. The fourth-order valence-corrected chi connectivity index (χ4v) is 2.25. The minimum absolute atomic E-state index is 0.163. The van der Waals surface area contributed by atoms with Crippen molar-refractivity contribution in [2.75, 3.05) is 6.54 Å². The van der Waals surface area contributed by atoms with Gasteiger partial charge in [0.25, 0.3) is 0 Å². The normalized spacial score (nSPS) is 14.8. The van der Waals surface area contributed by atoms with Gasteiger partial charge in [0.15, 0.2) is 0 Å². The standard InChI is InChI=1S/C15H23ClFN/c1-5-11(4)13(9-18-10(2)3)12-7-6-8-14(16)15(12)17/h6-8,10-11,13,18H,5,9H2,1-4H3. The van der Waals surface area contributed by atoms with Crippen molar-refractivity contribution in [1.82, 2.24) is 5.32 Å². The number of rotatable bonds is 6. The van der Waals surface area contributed by atoms with Crippen molar-refractivity contribution >= 4 is 11.6 Å². The topological polar surface area (TPSA) is 12.0 Å². The molecule has 0 aliphatic rings. The average molecular weight is 272 g/mol. The summed E-state index contributed by atoms with van der Waals surface area (Å²) in [5, 5.41) is 3.61. The van der Waals surface area contributed by atoms with Crippen LogP contribution in [0.1, 0.15) is 45.6 Å². The van der Waals surface area contributed by atoms with E-state index in [0.717, 1.165) is 18.5 Å². The largest absolute Gasteiger partial charge is 0.314 e. The molecule has 1 rings (SSSR count). The van der Waals surface area contributed by atoms with Crippen molar-refractivity contribution in [2.45, 2.75) is 46.1 Å². The van der Waals surface area contributed by atoms with Crippen molar-refractivity contribution in [2.24, 2.45) is 5.92 Å². The second-order valence-electron chi connectivity index (χ2n) is 5.20. The smallest absolute Gasteiger partial charge is 0.145 e. The van der Waals surface area contributed by atoms with Gasteiger partial charge in [-0.25, -0.2) is 4.39 Å². The molecule has 18 heavy (non-hydrogen) atoms. The zero-order valence-corrected chi connectivity index (χ0v) is 12.4. The molecule has 102 valence electrons. The summed E-state index contributed by atoms with van der Waals surface area (Å²) in [5.41, 5.74) is 0.727. The molecule has 1 aromatic carbocycles. The lowest BCUT2D eigenvalue weighted by Gasteiger charge is -2.25. The molecule has 0 saturated carbocycles. The number of hydrogen-bond donors (Lipinski definition) is 1. The van der Waals surface area contributed by atoms with Crippen LogP contribution in [0.2, 0.25) is 5.02 Å². The van der Waals surface area contributed by atoms with E-state index in [1.165, 1.54) is 0 Å². The van der Waals surface area contributed by atoms with Gasteiger partial charge in [0.1, 0.15) is 5.82 Å². The molecule has 1 nitrogen and oxygen atoms in total. The van der Waals surface area contributed by atoms with Crippen LogP contribution < -0.4 is 5.32 Å². The monoisotopic (exact) mass is 271 g/mol. The molecule has 0 amide bonds. The highest BCUT2D eigenvalue weighted by Gasteiger charge is 2.22. The van der Waals surface area contributed by atoms with Crippen LogP contribution in [0.25, 0.3) is 0 Å². The van der Waals surface area contributed by atoms with E-state index in [1.807, 2.05) is 12.1 Å². The van der Waals surface area contributed by atoms with Gasteiger partial charge in [-0.1, -0.05) is 57.8 Å². The fraction of sp³-hybridized carbons (Fsp3) is 0.600. The minimum Gasteiger partial charge on any atom is -0.314 e. The summed E-state index contributed by atoms with van der Waals surface area (Å²) < 4.78 is 14.1. The highest BCUT2D eigenvalue weighted by atomic mass is 35.5. The first kappa shape index (κ1) is 15.5. The molecule has 2 unspecified atom stereocenters. The summed E-state index contributed by atoms with van der Waals surface area (Å²) in [7, 11) is 0. The summed E-state index contributed by atoms with van der Waals surface area (Å²) in [6.45, 7) is 9.27. The van der Waals surface area contributed by atoms with E-state index in [2.05, 4.69) is 33.0 Å². The lowest BCUT2D eigenvalue weighted by molar-refractivity contribution is 0.395. The molecule has 0 bridgehead atoms. The van der Waals surface area contributed by atoms with Crippen LogP contribution in [0.5, 0.6) is 0 Å². The van der Waals surface area contributed by atoms with Crippen LogP contribution >= 0.6 is 11.6 Å².